The number of halogens is 3. The quantitative estimate of drug-likeness (QED) is 0.752. The van der Waals surface area contributed by atoms with E-state index >= 15 is 0 Å². The minimum atomic E-state index is -4.56. The van der Waals surface area contributed by atoms with Gasteiger partial charge in [-0.25, -0.2) is 0 Å². The van der Waals surface area contributed by atoms with E-state index in [1.165, 1.54) is 13.8 Å². The lowest BCUT2D eigenvalue weighted by molar-refractivity contribution is -0.161. The van der Waals surface area contributed by atoms with E-state index < -0.39 is 30.6 Å². The highest BCUT2D eigenvalue weighted by Crippen LogP contribution is 2.19. The zero-order chi connectivity index (χ0) is 12.8. The van der Waals surface area contributed by atoms with Gasteiger partial charge in [0.25, 0.3) is 0 Å². The first-order valence-electron chi connectivity index (χ1n) is 4.94. The van der Waals surface area contributed by atoms with Gasteiger partial charge >= 0.3 is 6.18 Å². The fraction of sp³-hybridized carbons (Fsp3) is 0.778. The first kappa shape index (κ1) is 14.7. The van der Waals surface area contributed by atoms with E-state index in [0.717, 1.165) is 0 Å². The van der Waals surface area contributed by atoms with Crippen molar-refractivity contribution in [3.05, 3.63) is 0 Å². The van der Waals surface area contributed by atoms with Gasteiger partial charge in [0.2, 0.25) is 11.8 Å². The standard InChI is InChI=1S/C9H15F3N2O2/c1-3-7(15)13-5-6(9(10,11)12)14-8(16)4-2/h6H,3-5H2,1-2H3,(H,13,15)(H,14,16)/t6-/m0/s1. The molecule has 0 aromatic rings. The fourth-order valence-corrected chi connectivity index (χ4v) is 0.886. The summed E-state index contributed by atoms with van der Waals surface area (Å²) in [5.41, 5.74) is 0. The topological polar surface area (TPSA) is 58.2 Å². The van der Waals surface area contributed by atoms with Gasteiger partial charge in [0.05, 0.1) is 0 Å². The van der Waals surface area contributed by atoms with Gasteiger partial charge in [-0.1, -0.05) is 13.8 Å². The molecule has 0 bridgehead atoms. The second-order valence-corrected chi connectivity index (χ2v) is 3.17. The Labute approximate surface area is 91.6 Å². The van der Waals surface area contributed by atoms with E-state index in [4.69, 9.17) is 0 Å². The van der Waals surface area contributed by atoms with Crippen LogP contribution < -0.4 is 10.6 Å². The molecular formula is C9H15F3N2O2. The largest absolute Gasteiger partial charge is 0.410 e. The maximum Gasteiger partial charge on any atom is 0.410 e. The molecule has 0 unspecified atom stereocenters. The van der Waals surface area contributed by atoms with E-state index in [9.17, 15) is 22.8 Å². The van der Waals surface area contributed by atoms with Crippen LogP contribution in [0, 0.1) is 0 Å². The van der Waals surface area contributed by atoms with Crippen LogP contribution >= 0.6 is 0 Å². The van der Waals surface area contributed by atoms with Crippen molar-refractivity contribution >= 4 is 11.8 Å². The summed E-state index contributed by atoms with van der Waals surface area (Å²) in [6.45, 7) is 2.35. The number of nitrogens with one attached hydrogen (secondary N) is 2. The lowest BCUT2D eigenvalue weighted by Crippen LogP contribution is -2.51. The van der Waals surface area contributed by atoms with Crippen molar-refractivity contribution in [2.24, 2.45) is 0 Å². The highest BCUT2D eigenvalue weighted by Gasteiger charge is 2.40. The first-order valence-corrected chi connectivity index (χ1v) is 4.94. The number of hydrogen-bond donors (Lipinski definition) is 2. The molecule has 0 saturated carbocycles. The molecule has 0 aliphatic heterocycles. The number of amides is 2. The molecule has 2 amide bonds. The van der Waals surface area contributed by atoms with Crippen molar-refractivity contribution in [2.75, 3.05) is 6.54 Å². The Kier molecular flexibility index (Phi) is 5.84. The van der Waals surface area contributed by atoms with Gasteiger partial charge in [-0.15, -0.1) is 0 Å². The smallest absolute Gasteiger partial charge is 0.354 e. The minimum absolute atomic E-state index is 0.0334. The summed E-state index contributed by atoms with van der Waals surface area (Å²) in [6, 6.07) is -2.03. The Bertz CT molecular complexity index is 254. The molecule has 2 N–H and O–H groups in total. The number of rotatable bonds is 5. The molecule has 0 heterocycles. The molecule has 4 nitrogen and oxygen atoms in total. The molecule has 0 aliphatic rings. The van der Waals surface area contributed by atoms with Crippen LogP contribution in [-0.4, -0.2) is 30.6 Å². The van der Waals surface area contributed by atoms with E-state index in [1.54, 1.807) is 0 Å². The zero-order valence-electron chi connectivity index (χ0n) is 9.15. The zero-order valence-corrected chi connectivity index (χ0v) is 9.15. The van der Waals surface area contributed by atoms with Crippen molar-refractivity contribution in [3.63, 3.8) is 0 Å². The predicted molar refractivity (Wildman–Crippen MR) is 51.6 cm³/mol. The third-order valence-corrected chi connectivity index (χ3v) is 1.88. The highest BCUT2D eigenvalue weighted by atomic mass is 19.4. The summed E-state index contributed by atoms with van der Waals surface area (Å²) < 4.78 is 37.2. The second-order valence-electron chi connectivity index (χ2n) is 3.17. The highest BCUT2D eigenvalue weighted by molar-refractivity contribution is 5.77. The van der Waals surface area contributed by atoms with Crippen LogP contribution in [0.2, 0.25) is 0 Å². The van der Waals surface area contributed by atoms with Crippen molar-refractivity contribution in [1.29, 1.82) is 0 Å². The van der Waals surface area contributed by atoms with Gasteiger partial charge < -0.3 is 10.6 Å². The molecule has 0 aromatic heterocycles. The number of carbonyl (C=O) groups is 2. The molecule has 0 rings (SSSR count). The maximum atomic E-state index is 12.4. The lowest BCUT2D eigenvalue weighted by atomic mass is 10.2. The molecule has 0 spiro atoms. The third kappa shape index (κ3) is 5.57. The van der Waals surface area contributed by atoms with E-state index in [2.05, 4.69) is 5.32 Å². The fourth-order valence-electron chi connectivity index (χ4n) is 0.886. The summed E-state index contributed by atoms with van der Waals surface area (Å²) in [6.07, 6.45) is -4.49. The Hall–Kier alpha value is -1.27. The van der Waals surface area contributed by atoms with Crippen LogP contribution in [0.4, 0.5) is 13.2 Å². The summed E-state index contributed by atoms with van der Waals surface area (Å²) in [5, 5.41) is 3.90. The average Bonchev–Trinajstić information content (AvgIpc) is 2.21. The molecule has 0 aliphatic carbocycles. The molecular weight excluding hydrogens is 225 g/mol. The first-order chi connectivity index (χ1) is 7.31. The van der Waals surface area contributed by atoms with Crippen LogP contribution in [0.25, 0.3) is 0 Å². The number of alkyl halides is 3. The van der Waals surface area contributed by atoms with Crippen LogP contribution in [-0.2, 0) is 9.59 Å². The van der Waals surface area contributed by atoms with Crippen LogP contribution in [0.3, 0.4) is 0 Å². The van der Waals surface area contributed by atoms with Gasteiger partial charge in [0.15, 0.2) is 0 Å². The Balaban J connectivity index is 4.33. The average molecular weight is 240 g/mol. The van der Waals surface area contributed by atoms with Gasteiger partial charge in [-0.3, -0.25) is 9.59 Å². The van der Waals surface area contributed by atoms with E-state index in [-0.39, 0.29) is 12.8 Å². The van der Waals surface area contributed by atoms with Crippen molar-refractivity contribution in [2.45, 2.75) is 38.9 Å². The van der Waals surface area contributed by atoms with Crippen LogP contribution in [0.15, 0.2) is 0 Å². The summed E-state index contributed by atoms with van der Waals surface area (Å²) in [5.74, 6) is -1.19. The molecule has 16 heavy (non-hydrogen) atoms. The SMILES string of the molecule is CCC(=O)NC[C@H](NC(=O)CC)C(F)(F)F. The normalized spacial score (nSPS) is 13.1. The molecule has 7 heteroatoms. The Morgan fingerprint density at radius 2 is 1.62 bits per heavy atom. The monoisotopic (exact) mass is 240 g/mol. The molecule has 1 atom stereocenters. The third-order valence-electron chi connectivity index (χ3n) is 1.88. The summed E-state index contributed by atoms with van der Waals surface area (Å²) in [4.78, 5) is 21.7. The molecule has 0 radical (unpaired) electrons. The van der Waals surface area contributed by atoms with Crippen molar-refractivity contribution < 1.29 is 22.8 Å². The van der Waals surface area contributed by atoms with Gasteiger partial charge in [0, 0.05) is 19.4 Å². The van der Waals surface area contributed by atoms with Crippen LogP contribution in [0.1, 0.15) is 26.7 Å². The minimum Gasteiger partial charge on any atom is -0.354 e. The lowest BCUT2D eigenvalue weighted by Gasteiger charge is -2.21. The summed E-state index contributed by atoms with van der Waals surface area (Å²) in [7, 11) is 0. The Morgan fingerprint density at radius 1 is 1.12 bits per heavy atom. The van der Waals surface area contributed by atoms with Crippen molar-refractivity contribution in [3.8, 4) is 0 Å². The second kappa shape index (κ2) is 6.34. The molecule has 94 valence electrons. The van der Waals surface area contributed by atoms with E-state index in [0.29, 0.717) is 0 Å². The van der Waals surface area contributed by atoms with Gasteiger partial charge in [0.1, 0.15) is 6.04 Å². The molecule has 0 aromatic carbocycles. The van der Waals surface area contributed by atoms with Gasteiger partial charge in [-0.2, -0.15) is 13.2 Å². The number of hydrogen-bond acceptors (Lipinski definition) is 2. The number of carbonyl (C=O) groups excluding carboxylic acids is 2. The van der Waals surface area contributed by atoms with Crippen molar-refractivity contribution in [1.82, 2.24) is 10.6 Å². The molecule has 0 fully saturated rings. The maximum absolute atomic E-state index is 12.4. The Morgan fingerprint density at radius 3 is 2.00 bits per heavy atom. The van der Waals surface area contributed by atoms with E-state index in [1.807, 2.05) is 5.32 Å². The molecule has 0 saturated heterocycles. The van der Waals surface area contributed by atoms with Crippen LogP contribution in [0.5, 0.6) is 0 Å². The predicted octanol–water partition coefficient (Wildman–Crippen LogP) is 0.970. The summed E-state index contributed by atoms with van der Waals surface area (Å²) >= 11 is 0. The van der Waals surface area contributed by atoms with Gasteiger partial charge in [-0.05, 0) is 0 Å².